The van der Waals surface area contributed by atoms with E-state index in [-0.39, 0.29) is 47.2 Å². The van der Waals surface area contributed by atoms with Crippen LogP contribution in [0.3, 0.4) is 0 Å². The number of sulfone groups is 1. The number of aryl methyl sites for hydroxylation is 2. The molecule has 2 aromatic rings. The summed E-state index contributed by atoms with van der Waals surface area (Å²) in [6.07, 6.45) is -0.0220. The highest BCUT2D eigenvalue weighted by atomic mass is 32.2. The maximum absolute atomic E-state index is 14.1. The predicted octanol–water partition coefficient (Wildman–Crippen LogP) is 1.98. The van der Waals surface area contributed by atoms with Gasteiger partial charge in [0.05, 0.1) is 11.0 Å². The van der Waals surface area contributed by atoms with Crippen molar-refractivity contribution in [3.63, 3.8) is 0 Å². The summed E-state index contributed by atoms with van der Waals surface area (Å²) in [7, 11) is -7.65. The summed E-state index contributed by atoms with van der Waals surface area (Å²) in [5.41, 5.74) is 0.296. The van der Waals surface area contributed by atoms with Crippen molar-refractivity contribution in [2.75, 3.05) is 18.8 Å². The Morgan fingerprint density at radius 1 is 1.23 bits per heavy atom. The van der Waals surface area contributed by atoms with Crippen LogP contribution in [0.15, 0.2) is 33.7 Å². The van der Waals surface area contributed by atoms with Crippen LogP contribution in [0.5, 0.6) is 0 Å². The number of halogens is 1. The molecule has 0 amide bonds. The molecule has 0 bridgehead atoms. The molecule has 0 spiro atoms. The molecule has 1 fully saturated rings. The number of hydrogen-bond acceptors (Lipinski definition) is 6. The third-order valence-corrected chi connectivity index (χ3v) is 8.77. The highest BCUT2D eigenvalue weighted by Crippen LogP contribution is 2.33. The van der Waals surface area contributed by atoms with Crippen molar-refractivity contribution in [3.05, 3.63) is 47.1 Å². The van der Waals surface area contributed by atoms with Crippen molar-refractivity contribution >= 4 is 19.9 Å². The second kappa shape index (κ2) is 6.75. The molecule has 26 heavy (non-hydrogen) atoms. The van der Waals surface area contributed by atoms with E-state index in [1.807, 2.05) is 0 Å². The van der Waals surface area contributed by atoms with Crippen molar-refractivity contribution in [3.8, 4) is 0 Å². The predicted molar refractivity (Wildman–Crippen MR) is 92.3 cm³/mol. The number of hydrogen-bond donors (Lipinski definition) is 0. The zero-order valence-corrected chi connectivity index (χ0v) is 16.0. The molecule has 1 aliphatic rings. The normalized spacial score (nSPS) is 21.4. The summed E-state index contributed by atoms with van der Waals surface area (Å²) >= 11 is 0. The molecular formula is C16H19FN2O5S2. The molecule has 2 heterocycles. The van der Waals surface area contributed by atoms with Crippen LogP contribution in [-0.4, -0.2) is 45.1 Å². The Bertz CT molecular complexity index is 1010. The summed E-state index contributed by atoms with van der Waals surface area (Å²) in [6, 6.07) is 5.68. The number of sulfonamides is 1. The highest BCUT2D eigenvalue weighted by Gasteiger charge is 2.38. The topological polar surface area (TPSA) is 97.6 Å². The lowest BCUT2D eigenvalue weighted by atomic mass is 10.1. The average molecular weight is 402 g/mol. The molecule has 1 saturated heterocycles. The van der Waals surface area contributed by atoms with Crippen LogP contribution in [0.1, 0.15) is 28.7 Å². The van der Waals surface area contributed by atoms with Gasteiger partial charge >= 0.3 is 0 Å². The molecule has 0 aliphatic carbocycles. The zero-order valence-electron chi connectivity index (χ0n) is 14.3. The lowest BCUT2D eigenvalue weighted by Gasteiger charge is -2.19. The van der Waals surface area contributed by atoms with Crippen molar-refractivity contribution < 1.29 is 25.7 Å². The fraction of sp³-hybridized carbons (Fsp3) is 0.438. The third-order valence-electron chi connectivity index (χ3n) is 4.52. The van der Waals surface area contributed by atoms with E-state index in [4.69, 9.17) is 4.52 Å². The van der Waals surface area contributed by atoms with Crippen LogP contribution >= 0.6 is 0 Å². The van der Waals surface area contributed by atoms with Gasteiger partial charge in [-0.2, -0.15) is 4.31 Å². The van der Waals surface area contributed by atoms with Gasteiger partial charge in [-0.3, -0.25) is 0 Å². The van der Waals surface area contributed by atoms with Crippen LogP contribution in [0.2, 0.25) is 0 Å². The number of benzene rings is 1. The number of nitrogens with zero attached hydrogens (tertiary/aromatic N) is 2. The maximum Gasteiger partial charge on any atom is 0.248 e. The second-order valence-electron chi connectivity index (χ2n) is 6.22. The van der Waals surface area contributed by atoms with Gasteiger partial charge in [0, 0.05) is 18.7 Å². The second-order valence-corrected chi connectivity index (χ2v) is 10.4. The molecule has 0 N–H and O–H groups in total. The molecule has 7 nitrogen and oxygen atoms in total. The first kappa shape index (κ1) is 19.0. The minimum atomic E-state index is -3.95. The van der Waals surface area contributed by atoms with Gasteiger partial charge in [-0.15, -0.1) is 0 Å². The van der Waals surface area contributed by atoms with E-state index in [0.29, 0.717) is 0 Å². The Morgan fingerprint density at radius 2 is 1.92 bits per heavy atom. The Morgan fingerprint density at radius 3 is 2.54 bits per heavy atom. The molecule has 1 aromatic carbocycles. The van der Waals surface area contributed by atoms with Gasteiger partial charge in [0.25, 0.3) is 0 Å². The van der Waals surface area contributed by atoms with Crippen LogP contribution in [-0.2, 0) is 19.9 Å². The van der Waals surface area contributed by atoms with Crippen molar-refractivity contribution in [2.45, 2.75) is 30.4 Å². The zero-order chi connectivity index (χ0) is 19.1. The lowest BCUT2D eigenvalue weighted by molar-refractivity contribution is 0.388. The van der Waals surface area contributed by atoms with E-state index in [9.17, 15) is 21.2 Å². The van der Waals surface area contributed by atoms with Crippen LogP contribution in [0, 0.1) is 19.7 Å². The van der Waals surface area contributed by atoms with Crippen LogP contribution < -0.4 is 0 Å². The van der Waals surface area contributed by atoms with Gasteiger partial charge in [-0.25, -0.2) is 21.2 Å². The molecule has 1 aliphatic heterocycles. The monoisotopic (exact) mass is 402 g/mol. The number of rotatable bonds is 3. The summed E-state index contributed by atoms with van der Waals surface area (Å²) in [5.74, 6) is -0.836. The summed E-state index contributed by atoms with van der Waals surface area (Å²) in [4.78, 5) is -0.0424. The van der Waals surface area contributed by atoms with E-state index < -0.39 is 30.9 Å². The molecule has 3 rings (SSSR count). The van der Waals surface area contributed by atoms with Crippen LogP contribution in [0.25, 0.3) is 0 Å². The SMILES string of the molecule is Cc1noc(C)c1S(=O)(=O)N1CCC(c2ccccc2F)S(=O)(=O)CC1. The van der Waals surface area contributed by atoms with Crippen molar-refractivity contribution in [1.82, 2.24) is 9.46 Å². The first-order chi connectivity index (χ1) is 12.1. The Balaban J connectivity index is 1.96. The minimum Gasteiger partial charge on any atom is -0.360 e. The van der Waals surface area contributed by atoms with Gasteiger partial charge in [-0.1, -0.05) is 23.4 Å². The highest BCUT2D eigenvalue weighted by molar-refractivity contribution is 7.92. The smallest absolute Gasteiger partial charge is 0.248 e. The molecule has 0 saturated carbocycles. The Hall–Kier alpha value is -1.78. The standard InChI is InChI=1S/C16H19FN2O5S2/c1-11-16(12(2)24-18-11)26(22,23)19-8-7-15(25(20,21)10-9-19)13-5-3-4-6-14(13)17/h3-6,15H,7-10H2,1-2H3. The average Bonchev–Trinajstić information content (AvgIpc) is 2.81. The third kappa shape index (κ3) is 3.28. The Kier molecular flexibility index (Phi) is 4.93. The fourth-order valence-corrected chi connectivity index (χ4v) is 6.89. The van der Waals surface area contributed by atoms with E-state index in [1.165, 1.54) is 32.0 Å². The van der Waals surface area contributed by atoms with E-state index in [2.05, 4.69) is 5.16 Å². The van der Waals surface area contributed by atoms with E-state index in [1.54, 1.807) is 6.07 Å². The van der Waals surface area contributed by atoms with Crippen molar-refractivity contribution in [1.29, 1.82) is 0 Å². The summed E-state index contributed by atoms with van der Waals surface area (Å²) in [6.45, 7) is 2.77. The number of aromatic nitrogens is 1. The summed E-state index contributed by atoms with van der Waals surface area (Å²) in [5, 5.41) is 2.58. The quantitative estimate of drug-likeness (QED) is 0.779. The molecule has 1 atom stereocenters. The first-order valence-corrected chi connectivity index (χ1v) is 11.2. The molecule has 1 unspecified atom stereocenters. The van der Waals surface area contributed by atoms with E-state index >= 15 is 0 Å². The maximum atomic E-state index is 14.1. The molecule has 142 valence electrons. The largest absolute Gasteiger partial charge is 0.360 e. The summed E-state index contributed by atoms with van der Waals surface area (Å²) < 4.78 is 71.2. The minimum absolute atomic E-state index is 0.0220. The molecule has 0 radical (unpaired) electrons. The van der Waals surface area contributed by atoms with Crippen molar-refractivity contribution in [2.24, 2.45) is 0 Å². The van der Waals surface area contributed by atoms with Gasteiger partial charge in [0.1, 0.15) is 16.4 Å². The molecule has 1 aromatic heterocycles. The Labute approximate surface area is 151 Å². The fourth-order valence-electron chi connectivity index (χ4n) is 3.22. The molecular weight excluding hydrogens is 383 g/mol. The van der Waals surface area contributed by atoms with Gasteiger partial charge < -0.3 is 4.52 Å². The van der Waals surface area contributed by atoms with Gasteiger partial charge in [0.15, 0.2) is 15.6 Å². The van der Waals surface area contributed by atoms with E-state index in [0.717, 1.165) is 4.31 Å². The van der Waals surface area contributed by atoms with Gasteiger partial charge in [0.2, 0.25) is 10.0 Å². The lowest BCUT2D eigenvalue weighted by Crippen LogP contribution is -2.34. The molecule has 10 heteroatoms. The van der Waals surface area contributed by atoms with Gasteiger partial charge in [-0.05, 0) is 26.3 Å². The van der Waals surface area contributed by atoms with Crippen LogP contribution in [0.4, 0.5) is 4.39 Å². The first-order valence-electron chi connectivity index (χ1n) is 8.03.